The van der Waals surface area contributed by atoms with Crippen molar-refractivity contribution in [1.82, 2.24) is 15.1 Å². The van der Waals surface area contributed by atoms with Crippen LogP contribution < -0.4 is 5.32 Å². The molecule has 1 fully saturated rings. The van der Waals surface area contributed by atoms with E-state index in [1.54, 1.807) is 11.8 Å². The molecule has 1 aliphatic rings. The van der Waals surface area contributed by atoms with Gasteiger partial charge in [0.15, 0.2) is 0 Å². The lowest BCUT2D eigenvalue weighted by Gasteiger charge is -2.11. The molecule has 1 unspecified atom stereocenters. The van der Waals surface area contributed by atoms with Crippen LogP contribution in [0.15, 0.2) is 66.9 Å². The summed E-state index contributed by atoms with van der Waals surface area (Å²) in [5.41, 5.74) is 3.88. The molecule has 1 saturated heterocycles. The number of hydrogen-bond donors (Lipinski definition) is 2. The summed E-state index contributed by atoms with van der Waals surface area (Å²) in [5, 5.41) is 17.1. The van der Waals surface area contributed by atoms with E-state index in [9.17, 15) is 9.90 Å². The molecule has 0 spiro atoms. The van der Waals surface area contributed by atoms with Crippen molar-refractivity contribution < 1.29 is 9.90 Å². The van der Waals surface area contributed by atoms with E-state index in [2.05, 4.69) is 5.32 Å². The van der Waals surface area contributed by atoms with E-state index >= 15 is 0 Å². The molecule has 6 heteroatoms. The Morgan fingerprint density at radius 3 is 2.44 bits per heavy atom. The predicted octanol–water partition coefficient (Wildman–Crippen LogP) is 3.33. The van der Waals surface area contributed by atoms with Crippen molar-refractivity contribution in [3.8, 4) is 16.9 Å². The van der Waals surface area contributed by atoms with Crippen LogP contribution >= 0.6 is 11.8 Å². The van der Waals surface area contributed by atoms with Gasteiger partial charge in [0, 0.05) is 23.1 Å². The first-order chi connectivity index (χ1) is 12.2. The monoisotopic (exact) mass is 351 g/mol. The molecule has 3 aromatic rings. The van der Waals surface area contributed by atoms with Gasteiger partial charge in [-0.3, -0.25) is 10.1 Å². The fourth-order valence-corrected chi connectivity index (χ4v) is 4.14. The number of rotatable bonds is 4. The molecular formula is C19H17N3O2S. The maximum absolute atomic E-state index is 11.3. The molecule has 4 rings (SSSR count). The summed E-state index contributed by atoms with van der Waals surface area (Å²) in [5.74, 6) is -0.267. The van der Waals surface area contributed by atoms with Crippen LogP contribution in [0.3, 0.4) is 0 Å². The third-order valence-corrected chi connectivity index (χ3v) is 5.42. The van der Waals surface area contributed by atoms with Gasteiger partial charge in [-0.2, -0.15) is 5.10 Å². The molecule has 0 aliphatic carbocycles. The van der Waals surface area contributed by atoms with Crippen molar-refractivity contribution in [3.63, 3.8) is 0 Å². The number of nitrogens with zero attached hydrogens (tertiary/aromatic N) is 2. The van der Waals surface area contributed by atoms with E-state index in [0.717, 1.165) is 22.5 Å². The van der Waals surface area contributed by atoms with Gasteiger partial charge in [0.1, 0.15) is 6.04 Å². The maximum atomic E-state index is 11.3. The van der Waals surface area contributed by atoms with Crippen LogP contribution in [0, 0.1) is 0 Å². The Morgan fingerprint density at radius 1 is 1.12 bits per heavy atom. The van der Waals surface area contributed by atoms with Gasteiger partial charge >= 0.3 is 5.97 Å². The standard InChI is InChI=1S/C19H17N3O2S/c23-19(24)16-12-25-18(20-16)15-11-22(14-9-5-2-6-10-14)21-17(15)13-7-3-1-4-8-13/h1-11,16,18,20H,12H2,(H,23,24)/t16-,18?/m0/s1. The summed E-state index contributed by atoms with van der Waals surface area (Å²) in [6, 6.07) is 19.4. The van der Waals surface area contributed by atoms with Crippen LogP contribution in [0.25, 0.3) is 16.9 Å². The second-order valence-electron chi connectivity index (χ2n) is 5.85. The van der Waals surface area contributed by atoms with Gasteiger partial charge in [-0.05, 0) is 12.1 Å². The van der Waals surface area contributed by atoms with E-state index in [-0.39, 0.29) is 5.37 Å². The smallest absolute Gasteiger partial charge is 0.321 e. The van der Waals surface area contributed by atoms with Crippen LogP contribution in [0.5, 0.6) is 0 Å². The molecular weight excluding hydrogens is 334 g/mol. The molecule has 5 nitrogen and oxygen atoms in total. The number of benzene rings is 2. The minimum atomic E-state index is -0.813. The summed E-state index contributed by atoms with van der Waals surface area (Å²) >= 11 is 1.60. The van der Waals surface area contributed by atoms with E-state index in [0.29, 0.717) is 5.75 Å². The summed E-state index contributed by atoms with van der Waals surface area (Å²) in [6.07, 6.45) is 1.99. The number of aromatic nitrogens is 2. The van der Waals surface area contributed by atoms with Gasteiger partial charge in [0.05, 0.1) is 16.8 Å². The summed E-state index contributed by atoms with van der Waals surface area (Å²) in [7, 11) is 0. The first-order valence-corrected chi connectivity index (χ1v) is 9.08. The van der Waals surface area contributed by atoms with Gasteiger partial charge in [-0.1, -0.05) is 48.5 Å². The molecule has 0 amide bonds. The molecule has 1 aromatic heterocycles. The van der Waals surface area contributed by atoms with Crippen molar-refractivity contribution in [1.29, 1.82) is 0 Å². The van der Waals surface area contributed by atoms with Crippen molar-refractivity contribution in [2.45, 2.75) is 11.4 Å². The number of hydrogen-bond acceptors (Lipinski definition) is 4. The first kappa shape index (κ1) is 15.9. The predicted molar refractivity (Wildman–Crippen MR) is 98.8 cm³/mol. The molecule has 0 radical (unpaired) electrons. The molecule has 126 valence electrons. The topological polar surface area (TPSA) is 67.1 Å². The normalized spacial score (nSPS) is 19.8. The van der Waals surface area contributed by atoms with E-state index in [1.165, 1.54) is 0 Å². The number of carbonyl (C=O) groups is 1. The number of para-hydroxylation sites is 1. The van der Waals surface area contributed by atoms with E-state index in [4.69, 9.17) is 5.10 Å². The highest BCUT2D eigenvalue weighted by Crippen LogP contribution is 2.38. The molecule has 2 aromatic carbocycles. The molecule has 0 bridgehead atoms. The maximum Gasteiger partial charge on any atom is 0.321 e. The zero-order valence-electron chi connectivity index (χ0n) is 13.4. The highest BCUT2D eigenvalue weighted by Gasteiger charge is 2.33. The van der Waals surface area contributed by atoms with Crippen LogP contribution in [-0.4, -0.2) is 32.7 Å². The third-order valence-electron chi connectivity index (χ3n) is 4.17. The minimum absolute atomic E-state index is 0.0891. The fourth-order valence-electron chi connectivity index (χ4n) is 2.91. The third kappa shape index (κ3) is 3.18. The largest absolute Gasteiger partial charge is 0.480 e. The lowest BCUT2D eigenvalue weighted by molar-refractivity contribution is -0.138. The van der Waals surface area contributed by atoms with Gasteiger partial charge in [0.25, 0.3) is 0 Å². The van der Waals surface area contributed by atoms with Crippen molar-refractivity contribution in [2.75, 3.05) is 5.75 Å². The molecule has 2 N–H and O–H groups in total. The van der Waals surface area contributed by atoms with Crippen molar-refractivity contribution in [3.05, 3.63) is 72.4 Å². The first-order valence-electron chi connectivity index (χ1n) is 8.03. The Hall–Kier alpha value is -2.57. The summed E-state index contributed by atoms with van der Waals surface area (Å²) < 4.78 is 1.86. The quantitative estimate of drug-likeness (QED) is 0.755. The zero-order chi connectivity index (χ0) is 17.2. The lowest BCUT2D eigenvalue weighted by Crippen LogP contribution is -2.33. The van der Waals surface area contributed by atoms with Crippen LogP contribution in [0.4, 0.5) is 0 Å². The number of thioether (sulfide) groups is 1. The Bertz CT molecular complexity index is 880. The lowest BCUT2D eigenvalue weighted by atomic mass is 10.1. The van der Waals surface area contributed by atoms with Crippen molar-refractivity contribution in [2.24, 2.45) is 0 Å². The Morgan fingerprint density at radius 2 is 1.80 bits per heavy atom. The average Bonchev–Trinajstić information content (AvgIpc) is 3.30. The molecule has 2 heterocycles. The molecule has 1 aliphatic heterocycles. The second-order valence-corrected chi connectivity index (χ2v) is 6.99. The van der Waals surface area contributed by atoms with E-state index < -0.39 is 12.0 Å². The van der Waals surface area contributed by atoms with Crippen LogP contribution in [0.2, 0.25) is 0 Å². The highest BCUT2D eigenvalue weighted by molar-refractivity contribution is 7.99. The fraction of sp³-hybridized carbons (Fsp3) is 0.158. The van der Waals surface area contributed by atoms with Crippen LogP contribution in [-0.2, 0) is 4.79 Å². The average molecular weight is 351 g/mol. The summed E-state index contributed by atoms with van der Waals surface area (Å²) in [6.45, 7) is 0. The van der Waals surface area contributed by atoms with Gasteiger partial charge in [-0.15, -0.1) is 11.8 Å². The van der Waals surface area contributed by atoms with Crippen molar-refractivity contribution >= 4 is 17.7 Å². The zero-order valence-corrected chi connectivity index (χ0v) is 14.2. The molecule has 0 saturated carbocycles. The second kappa shape index (κ2) is 6.74. The number of aliphatic carboxylic acids is 1. The summed E-state index contributed by atoms with van der Waals surface area (Å²) in [4.78, 5) is 11.3. The highest BCUT2D eigenvalue weighted by atomic mass is 32.2. The number of carboxylic acid groups (broad SMARTS) is 1. The van der Waals surface area contributed by atoms with E-state index in [1.807, 2.05) is 71.5 Å². The SMILES string of the molecule is O=C(O)[C@@H]1CSC(c2cn(-c3ccccc3)nc2-c2ccccc2)N1. The van der Waals surface area contributed by atoms with Crippen LogP contribution in [0.1, 0.15) is 10.9 Å². The molecule has 2 atom stereocenters. The number of carboxylic acids is 1. The van der Waals surface area contributed by atoms with Gasteiger partial charge < -0.3 is 5.11 Å². The molecule has 25 heavy (non-hydrogen) atoms. The van der Waals surface area contributed by atoms with Gasteiger partial charge in [0.2, 0.25) is 0 Å². The Kier molecular flexibility index (Phi) is 4.29. The number of nitrogens with one attached hydrogen (secondary N) is 1. The van der Waals surface area contributed by atoms with Gasteiger partial charge in [-0.25, -0.2) is 4.68 Å². The Labute approximate surface area is 149 Å². The minimum Gasteiger partial charge on any atom is -0.480 e. The Balaban J connectivity index is 1.77.